The smallest absolute Gasteiger partial charge is 0.227 e. The standard InChI is InChI=1S/C16H24N2O.ClH/c1-17-12-13-7-6-10-15(11-13)18-16(19)14-8-4-2-3-5-9-14;/h6-7,10-11,14,17H,2-5,8-9,12H2,1H3,(H,18,19);1H. The fourth-order valence-electron chi connectivity index (χ4n) is 2.75. The van der Waals surface area contributed by atoms with Crippen LogP contribution in [-0.4, -0.2) is 13.0 Å². The van der Waals surface area contributed by atoms with Gasteiger partial charge in [0, 0.05) is 18.2 Å². The molecule has 0 aliphatic heterocycles. The number of rotatable bonds is 4. The molecule has 0 spiro atoms. The molecule has 112 valence electrons. The minimum atomic E-state index is 0. The topological polar surface area (TPSA) is 41.1 Å². The summed E-state index contributed by atoms with van der Waals surface area (Å²) in [5.74, 6) is 0.402. The Hall–Kier alpha value is -1.06. The van der Waals surface area contributed by atoms with Gasteiger partial charge in [-0.15, -0.1) is 12.4 Å². The molecule has 0 aromatic heterocycles. The second-order valence-electron chi connectivity index (χ2n) is 5.41. The monoisotopic (exact) mass is 296 g/mol. The third-order valence-electron chi connectivity index (χ3n) is 3.80. The summed E-state index contributed by atoms with van der Waals surface area (Å²) in [5.41, 5.74) is 2.11. The molecule has 1 amide bonds. The van der Waals surface area contributed by atoms with Gasteiger partial charge in [-0.05, 0) is 37.6 Å². The van der Waals surface area contributed by atoms with Crippen LogP contribution in [-0.2, 0) is 11.3 Å². The Morgan fingerprint density at radius 2 is 1.90 bits per heavy atom. The van der Waals surface area contributed by atoms with Crippen LogP contribution < -0.4 is 10.6 Å². The van der Waals surface area contributed by atoms with Gasteiger partial charge in [-0.2, -0.15) is 0 Å². The average Bonchev–Trinajstić information content (AvgIpc) is 2.68. The van der Waals surface area contributed by atoms with Crippen molar-refractivity contribution < 1.29 is 4.79 Å². The summed E-state index contributed by atoms with van der Waals surface area (Å²) in [6.07, 6.45) is 7.03. The van der Waals surface area contributed by atoms with Crippen LogP contribution in [0.2, 0.25) is 0 Å². The number of amides is 1. The zero-order chi connectivity index (χ0) is 13.5. The Labute approximate surface area is 127 Å². The molecule has 1 saturated carbocycles. The molecule has 1 aromatic rings. The first-order valence-electron chi connectivity index (χ1n) is 7.34. The van der Waals surface area contributed by atoms with Gasteiger partial charge in [-0.3, -0.25) is 4.79 Å². The van der Waals surface area contributed by atoms with Crippen molar-refractivity contribution in [2.75, 3.05) is 12.4 Å². The van der Waals surface area contributed by atoms with Crippen molar-refractivity contribution in [1.29, 1.82) is 0 Å². The first kappa shape index (κ1) is 17.0. The highest BCUT2D eigenvalue weighted by molar-refractivity contribution is 5.92. The second kappa shape index (κ2) is 8.98. The molecule has 0 heterocycles. The van der Waals surface area contributed by atoms with E-state index in [0.29, 0.717) is 0 Å². The van der Waals surface area contributed by atoms with Gasteiger partial charge in [-0.25, -0.2) is 0 Å². The van der Waals surface area contributed by atoms with Crippen LogP contribution in [0.4, 0.5) is 5.69 Å². The Bertz CT molecular complexity index is 415. The van der Waals surface area contributed by atoms with Crippen molar-refractivity contribution in [3.05, 3.63) is 29.8 Å². The van der Waals surface area contributed by atoms with E-state index in [4.69, 9.17) is 0 Å². The minimum Gasteiger partial charge on any atom is -0.326 e. The molecule has 4 heteroatoms. The van der Waals surface area contributed by atoms with Gasteiger partial charge in [0.1, 0.15) is 0 Å². The van der Waals surface area contributed by atoms with Crippen LogP contribution in [0.15, 0.2) is 24.3 Å². The maximum Gasteiger partial charge on any atom is 0.227 e. The number of anilines is 1. The predicted molar refractivity (Wildman–Crippen MR) is 86.3 cm³/mol. The number of carbonyl (C=O) groups is 1. The molecular formula is C16H25ClN2O. The highest BCUT2D eigenvalue weighted by Crippen LogP contribution is 2.24. The molecule has 1 fully saturated rings. The van der Waals surface area contributed by atoms with Crippen molar-refractivity contribution in [2.24, 2.45) is 5.92 Å². The molecule has 0 unspecified atom stereocenters. The number of hydrogen-bond acceptors (Lipinski definition) is 2. The van der Waals surface area contributed by atoms with Gasteiger partial charge in [0.05, 0.1) is 0 Å². The summed E-state index contributed by atoms with van der Waals surface area (Å²) in [5, 5.41) is 6.19. The summed E-state index contributed by atoms with van der Waals surface area (Å²) in [6.45, 7) is 0.827. The summed E-state index contributed by atoms with van der Waals surface area (Å²) < 4.78 is 0. The van der Waals surface area contributed by atoms with Crippen LogP contribution >= 0.6 is 12.4 Å². The Kier molecular flexibility index (Phi) is 7.63. The van der Waals surface area contributed by atoms with E-state index in [1.807, 2.05) is 25.2 Å². The van der Waals surface area contributed by atoms with Crippen molar-refractivity contribution in [3.8, 4) is 0 Å². The molecule has 20 heavy (non-hydrogen) atoms. The first-order chi connectivity index (χ1) is 9.29. The van der Waals surface area contributed by atoms with Gasteiger partial charge in [0.15, 0.2) is 0 Å². The van der Waals surface area contributed by atoms with Crippen molar-refractivity contribution in [2.45, 2.75) is 45.1 Å². The number of hydrogen-bond donors (Lipinski definition) is 2. The maximum atomic E-state index is 12.3. The average molecular weight is 297 g/mol. The van der Waals surface area contributed by atoms with E-state index in [1.165, 1.54) is 31.2 Å². The van der Waals surface area contributed by atoms with E-state index in [1.54, 1.807) is 0 Å². The lowest BCUT2D eigenvalue weighted by Gasteiger charge is -2.14. The highest BCUT2D eigenvalue weighted by atomic mass is 35.5. The molecule has 3 nitrogen and oxygen atoms in total. The number of carbonyl (C=O) groups excluding carboxylic acids is 1. The second-order valence-corrected chi connectivity index (χ2v) is 5.41. The van der Waals surface area contributed by atoms with Crippen molar-refractivity contribution >= 4 is 24.0 Å². The lowest BCUT2D eigenvalue weighted by Crippen LogP contribution is -2.22. The van der Waals surface area contributed by atoms with Crippen LogP contribution in [0.3, 0.4) is 0 Å². The molecule has 1 aromatic carbocycles. The molecular weight excluding hydrogens is 272 g/mol. The molecule has 0 bridgehead atoms. The van der Waals surface area contributed by atoms with E-state index in [-0.39, 0.29) is 24.2 Å². The Morgan fingerprint density at radius 1 is 1.20 bits per heavy atom. The van der Waals surface area contributed by atoms with E-state index < -0.39 is 0 Å². The van der Waals surface area contributed by atoms with E-state index in [9.17, 15) is 4.79 Å². The highest BCUT2D eigenvalue weighted by Gasteiger charge is 2.19. The van der Waals surface area contributed by atoms with Crippen LogP contribution in [0.25, 0.3) is 0 Å². The molecule has 0 atom stereocenters. The molecule has 0 radical (unpaired) electrons. The zero-order valence-electron chi connectivity index (χ0n) is 12.2. The third-order valence-corrected chi connectivity index (χ3v) is 3.80. The Morgan fingerprint density at radius 3 is 2.55 bits per heavy atom. The fourth-order valence-corrected chi connectivity index (χ4v) is 2.75. The van der Waals surface area contributed by atoms with Crippen LogP contribution in [0, 0.1) is 5.92 Å². The number of benzene rings is 1. The SMILES string of the molecule is CNCc1cccc(NC(=O)C2CCCCCC2)c1.Cl. The summed E-state index contributed by atoms with van der Waals surface area (Å²) >= 11 is 0. The summed E-state index contributed by atoms with van der Waals surface area (Å²) in [4.78, 5) is 12.3. The van der Waals surface area contributed by atoms with Crippen LogP contribution in [0.1, 0.15) is 44.1 Å². The van der Waals surface area contributed by atoms with Crippen molar-refractivity contribution in [1.82, 2.24) is 5.32 Å². The minimum absolute atomic E-state index is 0. The normalized spacial score (nSPS) is 16.1. The molecule has 1 aliphatic carbocycles. The Balaban J connectivity index is 0.00000200. The number of halogens is 1. The summed E-state index contributed by atoms with van der Waals surface area (Å²) in [6, 6.07) is 8.08. The lowest BCUT2D eigenvalue weighted by molar-refractivity contribution is -0.120. The number of nitrogens with one attached hydrogen (secondary N) is 2. The maximum absolute atomic E-state index is 12.3. The first-order valence-corrected chi connectivity index (χ1v) is 7.34. The largest absolute Gasteiger partial charge is 0.326 e. The molecule has 2 rings (SSSR count). The van der Waals surface area contributed by atoms with Gasteiger partial charge < -0.3 is 10.6 Å². The van der Waals surface area contributed by atoms with Crippen molar-refractivity contribution in [3.63, 3.8) is 0 Å². The molecule has 2 N–H and O–H groups in total. The van der Waals surface area contributed by atoms with E-state index in [2.05, 4.69) is 16.7 Å². The summed E-state index contributed by atoms with van der Waals surface area (Å²) in [7, 11) is 1.93. The van der Waals surface area contributed by atoms with Gasteiger partial charge in [0.2, 0.25) is 5.91 Å². The lowest BCUT2D eigenvalue weighted by atomic mass is 9.99. The van der Waals surface area contributed by atoms with Gasteiger partial charge in [0.25, 0.3) is 0 Å². The van der Waals surface area contributed by atoms with E-state index in [0.717, 1.165) is 25.1 Å². The molecule has 1 aliphatic rings. The fraction of sp³-hybridized carbons (Fsp3) is 0.562. The quantitative estimate of drug-likeness (QED) is 0.831. The predicted octanol–water partition coefficient (Wildman–Crippen LogP) is 3.74. The van der Waals surface area contributed by atoms with Gasteiger partial charge in [-0.1, -0.05) is 37.8 Å². The third kappa shape index (κ3) is 5.14. The zero-order valence-corrected chi connectivity index (χ0v) is 13.0. The van der Waals surface area contributed by atoms with Gasteiger partial charge >= 0.3 is 0 Å². The molecule has 0 saturated heterocycles. The van der Waals surface area contributed by atoms with E-state index >= 15 is 0 Å². The van der Waals surface area contributed by atoms with Crippen LogP contribution in [0.5, 0.6) is 0 Å².